The van der Waals surface area contributed by atoms with E-state index >= 15 is 0 Å². The maximum atomic E-state index is 12.7. The first kappa shape index (κ1) is 60.5. The fourth-order valence-electron chi connectivity index (χ4n) is 13.7. The topological polar surface area (TPSA) is 182 Å². The lowest BCUT2D eigenvalue weighted by molar-refractivity contribution is -0.179. The molecule has 7 heterocycles. The van der Waals surface area contributed by atoms with Crippen LogP contribution in [0.25, 0.3) is 0 Å². The van der Waals surface area contributed by atoms with E-state index in [1.807, 2.05) is 256 Å². The summed E-state index contributed by atoms with van der Waals surface area (Å²) < 4.78 is 132. The molecule has 7 aliphatic rings. The number of carbonyl (C=O) groups is 2. The number of carbonyl (C=O) groups excluding carboxylic acids is 2. The van der Waals surface area contributed by atoms with Gasteiger partial charge < -0.3 is 68.3 Å². The molecule has 8 aromatic rings. The van der Waals surface area contributed by atoms with Gasteiger partial charge in [-0.05, 0) is 48.4 Å². The van der Waals surface area contributed by atoms with Crippen molar-refractivity contribution in [3.05, 3.63) is 243 Å². The van der Waals surface area contributed by atoms with Crippen LogP contribution in [0.2, 0.25) is 25.2 Å². The lowest BCUT2D eigenvalue weighted by Crippen LogP contribution is -3.14. The number of hydrogen-bond acceptors (Lipinski definition) is 18. The van der Waals surface area contributed by atoms with Gasteiger partial charge in [-0.25, -0.2) is 0 Å². The van der Waals surface area contributed by atoms with Crippen molar-refractivity contribution in [1.82, 2.24) is 0 Å². The van der Waals surface area contributed by atoms with Crippen LogP contribution in [0, 0.1) is 0 Å². The van der Waals surface area contributed by atoms with Gasteiger partial charge in [0.05, 0.1) is 13.2 Å². The van der Waals surface area contributed by atoms with Gasteiger partial charge in [0.2, 0.25) is 10.1 Å². The van der Waals surface area contributed by atoms with Crippen LogP contribution in [0.1, 0.15) is 26.7 Å². The zero-order valence-corrected chi connectivity index (χ0v) is 59.7. The summed E-state index contributed by atoms with van der Waals surface area (Å²) in [5.74, 6) is -0.871. The molecule has 0 amide bonds. The van der Waals surface area contributed by atoms with Gasteiger partial charge >= 0.3 is 98.5 Å². The summed E-state index contributed by atoms with van der Waals surface area (Å²) >= 11 is 0. The molecule has 7 aliphatic heterocycles. The third-order valence-corrected chi connectivity index (χ3v) is 65.4. The number of ether oxygens (including phenoxy) is 2. The average molecular weight is 1380 g/mol. The molecule has 8 aromatic carbocycles. The molecule has 8 unspecified atom stereocenters. The molecule has 0 saturated carbocycles. The summed E-state index contributed by atoms with van der Waals surface area (Å²) in [7, 11) is -48.9. The first-order chi connectivity index (χ1) is 43.6. The summed E-state index contributed by atoms with van der Waals surface area (Å²) in [5.41, 5.74) is 0. The van der Waals surface area contributed by atoms with Gasteiger partial charge in [0, 0.05) is 45.0 Å². The zero-order valence-electron chi connectivity index (χ0n) is 49.7. The van der Waals surface area contributed by atoms with Crippen LogP contribution >= 0.6 is 0 Å². The molecule has 7 fully saturated rings. The monoisotopic (exact) mass is 1380 g/mol. The van der Waals surface area contributed by atoms with E-state index in [0.717, 1.165) is 0 Å². The van der Waals surface area contributed by atoms with E-state index in [1.165, 1.54) is 13.8 Å². The number of rotatable bonds is 16. The van der Waals surface area contributed by atoms with E-state index in [2.05, 4.69) is 0 Å². The van der Waals surface area contributed by atoms with Crippen molar-refractivity contribution in [2.75, 3.05) is 13.2 Å². The van der Waals surface area contributed by atoms with Gasteiger partial charge in [0.1, 0.15) is 0 Å². The van der Waals surface area contributed by atoms with Crippen LogP contribution < -0.4 is 41.5 Å². The Labute approximate surface area is 532 Å². The van der Waals surface area contributed by atoms with E-state index < -0.39 is 109 Å². The molecule has 8 atom stereocenters. The molecular formula is C62H64O18Si10. The summed E-state index contributed by atoms with van der Waals surface area (Å²) in [6, 6.07) is 78.5. The number of esters is 2. The van der Waals surface area contributed by atoms with E-state index in [1.54, 1.807) is 0 Å². The van der Waals surface area contributed by atoms with Crippen LogP contribution in [0.5, 0.6) is 0 Å². The Hall–Kier alpha value is -5.69. The minimum atomic E-state index is -5.20. The largest absolute Gasteiger partial charge is 0.524 e. The molecule has 7 saturated heterocycles. The van der Waals surface area contributed by atoms with Crippen molar-refractivity contribution in [3.8, 4) is 0 Å². The normalized spacial score (nSPS) is 36.0. The second-order valence-corrected chi connectivity index (χ2v) is 55.6. The fourth-order valence-corrected chi connectivity index (χ4v) is 78.5. The van der Waals surface area contributed by atoms with Gasteiger partial charge in [-0.3, -0.25) is 9.59 Å². The highest BCUT2D eigenvalue weighted by atomic mass is 28.6. The van der Waals surface area contributed by atoms with Gasteiger partial charge in [0.15, 0.2) is 0 Å². The minimum absolute atomic E-state index is 0.0355. The average Bonchev–Trinajstić information content (AvgIpc) is 1.18. The third kappa shape index (κ3) is 9.27. The number of benzene rings is 8. The van der Waals surface area contributed by atoms with Crippen LogP contribution in [0.3, 0.4) is 0 Å². The predicted octanol–water partition coefficient (Wildman–Crippen LogP) is 4.70. The molecule has 0 aromatic heterocycles. The highest BCUT2D eigenvalue weighted by Crippen LogP contribution is 2.70. The minimum Gasteiger partial charge on any atom is -0.466 e. The van der Waals surface area contributed by atoms with Crippen molar-refractivity contribution in [2.45, 2.75) is 61.9 Å². The van der Waals surface area contributed by atoms with E-state index in [9.17, 15) is 9.59 Å². The maximum Gasteiger partial charge on any atom is 0.524 e. The van der Waals surface area contributed by atoms with Crippen molar-refractivity contribution in [2.24, 2.45) is 0 Å². The summed E-state index contributed by atoms with van der Waals surface area (Å²) in [4.78, 5) is 25.3. The second kappa shape index (κ2) is 22.5. The van der Waals surface area contributed by atoms with Crippen LogP contribution in [0.15, 0.2) is 243 Å². The molecular weight excluding hydrogens is 1310 g/mol. The predicted molar refractivity (Wildman–Crippen MR) is 351 cm³/mol. The van der Waals surface area contributed by atoms with E-state index in [0.29, 0.717) is 41.5 Å². The van der Waals surface area contributed by atoms with Crippen LogP contribution in [-0.4, -0.2) is 122 Å². The molecule has 0 N–H and O–H groups in total. The van der Waals surface area contributed by atoms with Gasteiger partial charge in [-0.2, -0.15) is 0 Å². The fraction of sp³-hybridized carbons (Fsp3) is 0.194. The Morgan fingerprint density at radius 1 is 0.300 bits per heavy atom. The Morgan fingerprint density at radius 3 is 0.767 bits per heavy atom. The highest BCUT2D eigenvalue weighted by molar-refractivity contribution is 7.30. The lowest BCUT2D eigenvalue weighted by atomic mass is 10.4. The van der Waals surface area contributed by atoms with Crippen molar-refractivity contribution < 1.29 is 77.9 Å². The smallest absolute Gasteiger partial charge is 0.466 e. The summed E-state index contributed by atoms with van der Waals surface area (Å²) in [6.45, 7) is 6.79. The molecule has 28 heteroatoms. The quantitative estimate of drug-likeness (QED) is 0.0737. The van der Waals surface area contributed by atoms with E-state index in [-0.39, 0.29) is 38.1 Å². The van der Waals surface area contributed by atoms with Crippen LogP contribution in [0.4, 0.5) is 0 Å². The first-order valence-electron chi connectivity index (χ1n) is 30.1. The van der Waals surface area contributed by atoms with E-state index in [4.69, 9.17) is 68.3 Å². The Bertz CT molecular complexity index is 3690. The number of hydrogen-bond donors (Lipinski definition) is 0. The standard InChI is InChI=1S/C62H64O18Si10/c1-51(63)65-47-29-49-81(3)71-85(55-35-17-7-18-36-55)67-61-69-87(77-85,57-39-21-9-22-40-57)80-90(60-45-27-12-28-46-60)74-82(4,50-30-48-66-52(2)64)72-86(56-37-19-8-20-38-56)68-62(84(61,76-90)54-33-15-6-16-34-54)70-88(78-86,58-41-23-10-24-42-58)79-89(73-81,59-43-25-11-26-44-59)75-83(61,62)53-31-13-5-14-32-53/h5-28,31-46H,29-30,47-50H2,1-4H3. The van der Waals surface area contributed by atoms with Crippen molar-refractivity contribution in [3.63, 3.8) is 0 Å². The molecule has 0 radical (unpaired) electrons. The Balaban J connectivity index is 1.20. The van der Waals surface area contributed by atoms with Crippen LogP contribution in [-0.2, 0) is 77.9 Å². The molecule has 460 valence electrons. The summed E-state index contributed by atoms with van der Waals surface area (Å²) in [5, 5.41) is 0.0854. The molecule has 0 aliphatic carbocycles. The molecule has 90 heavy (non-hydrogen) atoms. The second-order valence-electron chi connectivity index (χ2n) is 23.4. The Morgan fingerprint density at radius 2 is 0.511 bits per heavy atom. The van der Waals surface area contributed by atoms with Gasteiger partial charge in [0.25, 0.3) is 0 Å². The molecule has 18 nitrogen and oxygen atoms in total. The molecule has 15 rings (SSSR count). The zero-order chi connectivity index (χ0) is 61.6. The third-order valence-electron chi connectivity index (χ3n) is 17.3. The highest BCUT2D eigenvalue weighted by Gasteiger charge is 3.08. The molecule has 10 bridgehead atoms. The first-order valence-corrected chi connectivity index (χ1v) is 49.3. The lowest BCUT2D eigenvalue weighted by Gasteiger charge is -2.76. The van der Waals surface area contributed by atoms with Crippen molar-refractivity contribution >= 4 is 140 Å². The Kier molecular flexibility index (Phi) is 15.1. The van der Waals surface area contributed by atoms with Gasteiger partial charge in [-0.1, -0.05) is 243 Å². The maximum absolute atomic E-state index is 12.7. The summed E-state index contributed by atoms with van der Waals surface area (Å²) in [6.07, 6.45) is 0.566. The SMILES string of the molecule is CC(=O)OCCC[Si]1(C)O[Si]2(c3ccccc3)OC34O[Si](c5ccccc5)(O2)O[Si]2(c5ccccc5)O[Si](C)(CCCOC(C)=O)O[Si]5(c6ccccc6)OC6(O[Si](c7ccccc7)(O5)O[Si](c5ccccc5)(O1)O[Si]63c1ccccc1)[Si]4(c1ccccc1)O2. The molecule has 2 spiro atoms. The van der Waals surface area contributed by atoms with Gasteiger partial charge in [-0.15, -0.1) is 0 Å². The van der Waals surface area contributed by atoms with Crippen molar-refractivity contribution in [1.29, 1.82) is 0 Å². The number of fused-ring (bicyclic) bond motifs is 6.